The van der Waals surface area contributed by atoms with Gasteiger partial charge in [-0.2, -0.15) is 0 Å². The molecule has 10 nitrogen and oxygen atoms in total. The number of carbonyl (C=O) groups is 2. The van der Waals surface area contributed by atoms with Gasteiger partial charge in [-0.25, -0.2) is 0 Å². The maximum Gasteiger partial charge on any atom is 0.277 e. The molecule has 0 aliphatic rings. The maximum atomic E-state index is 12.6. The van der Waals surface area contributed by atoms with Gasteiger partial charge >= 0.3 is 0 Å². The number of nitro benzene ring substituents is 2. The van der Waals surface area contributed by atoms with Crippen LogP contribution in [0, 0.1) is 20.2 Å². The summed E-state index contributed by atoms with van der Waals surface area (Å²) in [6.07, 6.45) is 0.693. The highest BCUT2D eigenvalue weighted by atomic mass is 16.6. The van der Waals surface area contributed by atoms with Gasteiger partial charge in [-0.1, -0.05) is 37.3 Å². The van der Waals surface area contributed by atoms with Crippen LogP contribution in [0.5, 0.6) is 0 Å². The fraction of sp³-hybridized carbons (Fsp3) is 0.222. The van der Waals surface area contributed by atoms with E-state index in [1.54, 1.807) is 30.3 Å². The Balaban J connectivity index is 2.36. The first-order valence-electron chi connectivity index (χ1n) is 8.41. The van der Waals surface area contributed by atoms with Crippen LogP contribution in [0.1, 0.15) is 35.3 Å². The second-order valence-corrected chi connectivity index (χ2v) is 5.86. The Morgan fingerprint density at radius 3 is 2.07 bits per heavy atom. The smallest absolute Gasteiger partial charge is 0.277 e. The van der Waals surface area contributed by atoms with E-state index in [1.807, 2.05) is 6.92 Å². The fourth-order valence-corrected chi connectivity index (χ4v) is 2.45. The minimum atomic E-state index is -1.06. The minimum Gasteiger partial charge on any atom is -0.354 e. The normalized spacial score (nSPS) is 11.3. The summed E-state index contributed by atoms with van der Waals surface area (Å²) in [7, 11) is 0. The third-order valence-corrected chi connectivity index (χ3v) is 3.81. The van der Waals surface area contributed by atoms with E-state index in [0.717, 1.165) is 18.2 Å². The highest BCUT2D eigenvalue weighted by molar-refractivity contribution is 5.98. The van der Waals surface area contributed by atoms with Crippen LogP contribution >= 0.6 is 0 Å². The van der Waals surface area contributed by atoms with Gasteiger partial charge in [0.25, 0.3) is 17.3 Å². The van der Waals surface area contributed by atoms with Gasteiger partial charge < -0.3 is 10.6 Å². The van der Waals surface area contributed by atoms with Crippen LogP contribution in [0.3, 0.4) is 0 Å². The molecule has 0 fully saturated rings. The van der Waals surface area contributed by atoms with E-state index >= 15 is 0 Å². The standard InChI is InChI=1S/C18H18N4O6/c1-2-8-19-18(24)16(12-6-4-3-5-7-12)20-17(23)13-9-14(21(25)26)11-15(10-13)22(27)28/h3-7,9-11,16H,2,8H2,1H3,(H,19,24)(H,20,23)/t16-/m0/s1. The molecule has 0 spiro atoms. The SMILES string of the molecule is CCCNC(=O)[C@@H](NC(=O)c1cc([N+](=O)[O-])cc([N+](=O)[O-])c1)c1ccccc1. The first-order chi connectivity index (χ1) is 13.3. The lowest BCUT2D eigenvalue weighted by molar-refractivity contribution is -0.394. The van der Waals surface area contributed by atoms with Crippen LogP contribution in [-0.4, -0.2) is 28.2 Å². The molecule has 0 bridgehead atoms. The Labute approximate surface area is 159 Å². The number of amides is 2. The van der Waals surface area contributed by atoms with Crippen molar-refractivity contribution in [1.82, 2.24) is 10.6 Å². The largest absolute Gasteiger partial charge is 0.354 e. The van der Waals surface area contributed by atoms with Crippen molar-refractivity contribution >= 4 is 23.2 Å². The molecule has 0 radical (unpaired) electrons. The summed E-state index contributed by atoms with van der Waals surface area (Å²) < 4.78 is 0. The molecule has 2 amide bonds. The average Bonchev–Trinajstić information content (AvgIpc) is 2.70. The third-order valence-electron chi connectivity index (χ3n) is 3.81. The topological polar surface area (TPSA) is 144 Å². The highest BCUT2D eigenvalue weighted by Crippen LogP contribution is 2.23. The molecular formula is C18H18N4O6. The Kier molecular flexibility index (Phi) is 6.74. The number of non-ortho nitro benzene ring substituents is 2. The Bertz CT molecular complexity index is 868. The predicted molar refractivity (Wildman–Crippen MR) is 99.7 cm³/mol. The lowest BCUT2D eigenvalue weighted by atomic mass is 10.0. The number of hydrogen-bond donors (Lipinski definition) is 2. The molecule has 0 unspecified atom stereocenters. The molecule has 2 rings (SSSR count). The van der Waals surface area contributed by atoms with Crippen molar-refractivity contribution in [2.75, 3.05) is 6.54 Å². The van der Waals surface area contributed by atoms with E-state index < -0.39 is 39.1 Å². The van der Waals surface area contributed by atoms with E-state index in [0.29, 0.717) is 18.5 Å². The molecule has 10 heteroatoms. The van der Waals surface area contributed by atoms with Gasteiger partial charge in [0, 0.05) is 18.7 Å². The number of carbonyl (C=O) groups excluding carboxylic acids is 2. The van der Waals surface area contributed by atoms with E-state index in [-0.39, 0.29) is 5.56 Å². The lowest BCUT2D eigenvalue weighted by Crippen LogP contribution is -2.40. The van der Waals surface area contributed by atoms with Crippen LogP contribution in [0.15, 0.2) is 48.5 Å². The highest BCUT2D eigenvalue weighted by Gasteiger charge is 2.25. The summed E-state index contributed by atoms with van der Waals surface area (Å²) in [5, 5.41) is 27.2. The molecule has 0 aromatic heterocycles. The molecular weight excluding hydrogens is 368 g/mol. The number of nitro groups is 2. The van der Waals surface area contributed by atoms with Crippen molar-refractivity contribution in [2.45, 2.75) is 19.4 Å². The summed E-state index contributed by atoms with van der Waals surface area (Å²) in [5.41, 5.74) is -0.966. The van der Waals surface area contributed by atoms with Crippen LogP contribution in [0.2, 0.25) is 0 Å². The summed E-state index contributed by atoms with van der Waals surface area (Å²) in [5.74, 6) is -1.30. The third kappa shape index (κ3) is 5.10. The number of benzene rings is 2. The van der Waals surface area contributed by atoms with Crippen molar-refractivity contribution in [3.63, 3.8) is 0 Å². The summed E-state index contributed by atoms with van der Waals surface area (Å²) in [6, 6.07) is 9.98. The van der Waals surface area contributed by atoms with Crippen LogP contribution in [0.25, 0.3) is 0 Å². The zero-order chi connectivity index (χ0) is 20.7. The molecule has 0 saturated heterocycles. The van der Waals surface area contributed by atoms with E-state index in [2.05, 4.69) is 10.6 Å². The van der Waals surface area contributed by atoms with E-state index in [4.69, 9.17) is 0 Å². The summed E-state index contributed by atoms with van der Waals surface area (Å²) >= 11 is 0. The summed E-state index contributed by atoms with van der Waals surface area (Å²) in [6.45, 7) is 2.28. The zero-order valence-electron chi connectivity index (χ0n) is 15.0. The van der Waals surface area contributed by atoms with Crippen LogP contribution in [-0.2, 0) is 4.79 Å². The molecule has 2 aromatic rings. The first kappa shape index (κ1) is 20.5. The van der Waals surface area contributed by atoms with Crippen molar-refractivity contribution in [2.24, 2.45) is 0 Å². The van der Waals surface area contributed by atoms with Crippen LogP contribution in [0.4, 0.5) is 11.4 Å². The molecule has 0 heterocycles. The second kappa shape index (κ2) is 9.21. The lowest BCUT2D eigenvalue weighted by Gasteiger charge is -2.19. The number of rotatable bonds is 8. The molecule has 2 N–H and O–H groups in total. The maximum absolute atomic E-state index is 12.6. The predicted octanol–water partition coefficient (Wildman–Crippen LogP) is 2.50. The Morgan fingerprint density at radius 2 is 1.57 bits per heavy atom. The quantitative estimate of drug-likeness (QED) is 0.527. The fourth-order valence-electron chi connectivity index (χ4n) is 2.45. The molecule has 0 saturated carbocycles. The average molecular weight is 386 g/mol. The second-order valence-electron chi connectivity index (χ2n) is 5.86. The van der Waals surface area contributed by atoms with Gasteiger partial charge in [0.2, 0.25) is 5.91 Å². The van der Waals surface area contributed by atoms with Gasteiger partial charge in [-0.05, 0) is 12.0 Å². The van der Waals surface area contributed by atoms with Gasteiger partial charge in [0.05, 0.1) is 21.5 Å². The Hall–Kier alpha value is -3.82. The summed E-state index contributed by atoms with van der Waals surface area (Å²) in [4.78, 5) is 45.5. The monoisotopic (exact) mass is 386 g/mol. The first-order valence-corrected chi connectivity index (χ1v) is 8.41. The number of hydrogen-bond acceptors (Lipinski definition) is 6. The van der Waals surface area contributed by atoms with Crippen molar-refractivity contribution < 1.29 is 19.4 Å². The minimum absolute atomic E-state index is 0.287. The van der Waals surface area contributed by atoms with Gasteiger partial charge in [-0.3, -0.25) is 29.8 Å². The van der Waals surface area contributed by atoms with Crippen LogP contribution < -0.4 is 10.6 Å². The number of nitrogens with zero attached hydrogens (tertiary/aromatic N) is 2. The molecule has 28 heavy (non-hydrogen) atoms. The van der Waals surface area contributed by atoms with E-state index in [9.17, 15) is 29.8 Å². The molecule has 1 atom stereocenters. The van der Waals surface area contributed by atoms with E-state index in [1.165, 1.54) is 0 Å². The Morgan fingerprint density at radius 1 is 1.00 bits per heavy atom. The molecule has 0 aliphatic carbocycles. The molecule has 146 valence electrons. The van der Waals surface area contributed by atoms with Crippen molar-refractivity contribution in [3.8, 4) is 0 Å². The van der Waals surface area contributed by atoms with Gasteiger partial charge in [0.1, 0.15) is 6.04 Å². The van der Waals surface area contributed by atoms with Gasteiger partial charge in [-0.15, -0.1) is 0 Å². The zero-order valence-corrected chi connectivity index (χ0v) is 15.0. The van der Waals surface area contributed by atoms with Crippen molar-refractivity contribution in [1.29, 1.82) is 0 Å². The molecule has 2 aromatic carbocycles. The van der Waals surface area contributed by atoms with Crippen molar-refractivity contribution in [3.05, 3.63) is 79.9 Å². The molecule has 0 aliphatic heterocycles. The van der Waals surface area contributed by atoms with Gasteiger partial charge in [0.15, 0.2) is 0 Å². The number of nitrogens with one attached hydrogen (secondary N) is 2.